The zero-order valence-corrected chi connectivity index (χ0v) is 13.4. The predicted octanol–water partition coefficient (Wildman–Crippen LogP) is 3.11. The van der Waals surface area contributed by atoms with Crippen LogP contribution in [-0.4, -0.2) is 19.5 Å². The zero-order chi connectivity index (χ0) is 16.5. The topological polar surface area (TPSA) is 83.5 Å². The van der Waals surface area contributed by atoms with Crippen molar-refractivity contribution in [1.82, 2.24) is 0 Å². The molecule has 2 aromatic carbocycles. The number of benzene rings is 2. The average Bonchev–Trinajstić information content (AvgIpc) is 2.43. The number of anilines is 1. The van der Waals surface area contributed by atoms with Gasteiger partial charge in [0.05, 0.1) is 16.1 Å². The molecule has 2 N–H and O–H groups in total. The molecule has 0 bridgehead atoms. The first-order valence-corrected chi connectivity index (χ1v) is 8.13. The number of aromatic carboxylic acids is 1. The van der Waals surface area contributed by atoms with Crippen LogP contribution in [0, 0.1) is 20.8 Å². The molecule has 0 aliphatic rings. The Balaban J connectivity index is 2.38. The predicted molar refractivity (Wildman–Crippen MR) is 84.9 cm³/mol. The third-order valence-corrected chi connectivity index (χ3v) is 4.69. The average molecular weight is 319 g/mol. The van der Waals surface area contributed by atoms with Crippen LogP contribution in [0.15, 0.2) is 41.3 Å². The highest BCUT2D eigenvalue weighted by Gasteiger charge is 2.17. The van der Waals surface area contributed by atoms with Gasteiger partial charge in [-0.25, -0.2) is 13.2 Å². The van der Waals surface area contributed by atoms with E-state index in [9.17, 15) is 13.2 Å². The van der Waals surface area contributed by atoms with E-state index in [1.807, 2.05) is 32.9 Å². The Labute approximate surface area is 129 Å². The Bertz CT molecular complexity index is 801. The van der Waals surface area contributed by atoms with E-state index in [2.05, 4.69) is 4.72 Å². The molecular weight excluding hydrogens is 302 g/mol. The molecule has 0 fully saturated rings. The molecule has 0 heterocycles. The summed E-state index contributed by atoms with van der Waals surface area (Å²) in [4.78, 5) is 10.8. The van der Waals surface area contributed by atoms with Crippen LogP contribution in [-0.2, 0) is 10.0 Å². The molecule has 0 aliphatic heterocycles. The van der Waals surface area contributed by atoms with Gasteiger partial charge in [-0.3, -0.25) is 4.72 Å². The molecule has 2 aromatic rings. The smallest absolute Gasteiger partial charge is 0.335 e. The second-order valence-electron chi connectivity index (χ2n) is 5.21. The van der Waals surface area contributed by atoms with Crippen LogP contribution in [0.3, 0.4) is 0 Å². The lowest BCUT2D eigenvalue weighted by atomic mass is 10.1. The highest BCUT2D eigenvalue weighted by Crippen LogP contribution is 2.25. The van der Waals surface area contributed by atoms with E-state index in [0.29, 0.717) is 5.69 Å². The summed E-state index contributed by atoms with van der Waals surface area (Å²) in [6, 6.07) is 8.91. The molecule has 0 saturated carbocycles. The number of carboxylic acid groups (broad SMARTS) is 1. The molecule has 0 aliphatic carbocycles. The van der Waals surface area contributed by atoms with Crippen LogP contribution >= 0.6 is 0 Å². The summed E-state index contributed by atoms with van der Waals surface area (Å²) in [5.41, 5.74) is 3.32. The monoisotopic (exact) mass is 319 g/mol. The number of nitrogens with one attached hydrogen (secondary N) is 1. The van der Waals surface area contributed by atoms with Gasteiger partial charge in [0.25, 0.3) is 10.0 Å². The van der Waals surface area contributed by atoms with Gasteiger partial charge in [-0.1, -0.05) is 17.7 Å². The molecule has 2 rings (SSSR count). The SMILES string of the molecule is Cc1cc(C)c(NS(=O)(=O)c2ccc(C(=O)O)cc2)c(C)c1. The van der Waals surface area contributed by atoms with Crippen molar-refractivity contribution in [2.45, 2.75) is 25.7 Å². The molecule has 22 heavy (non-hydrogen) atoms. The summed E-state index contributed by atoms with van der Waals surface area (Å²) >= 11 is 0. The first kappa shape index (κ1) is 16.0. The minimum Gasteiger partial charge on any atom is -0.478 e. The third kappa shape index (κ3) is 3.28. The normalized spacial score (nSPS) is 11.2. The fourth-order valence-electron chi connectivity index (χ4n) is 2.31. The van der Waals surface area contributed by atoms with Crippen LogP contribution in [0.1, 0.15) is 27.0 Å². The molecule has 116 valence electrons. The molecular formula is C16H17NO4S. The van der Waals surface area contributed by atoms with E-state index in [1.54, 1.807) is 0 Å². The fraction of sp³-hybridized carbons (Fsp3) is 0.188. The van der Waals surface area contributed by atoms with Crippen LogP contribution in [0.2, 0.25) is 0 Å². The highest BCUT2D eigenvalue weighted by molar-refractivity contribution is 7.92. The van der Waals surface area contributed by atoms with Crippen molar-refractivity contribution >= 4 is 21.7 Å². The van der Waals surface area contributed by atoms with Crippen molar-refractivity contribution in [3.63, 3.8) is 0 Å². The number of hydrogen-bond acceptors (Lipinski definition) is 3. The molecule has 0 radical (unpaired) electrons. The first-order chi connectivity index (χ1) is 10.2. The molecule has 6 heteroatoms. The Morgan fingerprint density at radius 2 is 1.50 bits per heavy atom. The fourth-order valence-corrected chi connectivity index (χ4v) is 3.51. The first-order valence-electron chi connectivity index (χ1n) is 6.65. The molecule has 0 atom stereocenters. The van der Waals surface area contributed by atoms with Crippen molar-refractivity contribution in [3.05, 3.63) is 58.7 Å². The maximum atomic E-state index is 12.4. The standard InChI is InChI=1S/C16H17NO4S/c1-10-8-11(2)15(12(3)9-10)17-22(20,21)14-6-4-13(5-7-14)16(18)19/h4-9,17H,1-3H3,(H,18,19). The molecule has 0 unspecified atom stereocenters. The molecule has 0 amide bonds. The van der Waals surface area contributed by atoms with Crippen molar-refractivity contribution in [2.24, 2.45) is 0 Å². The second-order valence-corrected chi connectivity index (χ2v) is 6.89. The van der Waals surface area contributed by atoms with Crippen molar-refractivity contribution in [3.8, 4) is 0 Å². The van der Waals surface area contributed by atoms with Crippen LogP contribution in [0.4, 0.5) is 5.69 Å². The van der Waals surface area contributed by atoms with Gasteiger partial charge in [0.1, 0.15) is 0 Å². The lowest BCUT2D eigenvalue weighted by molar-refractivity contribution is 0.0696. The van der Waals surface area contributed by atoms with Gasteiger partial charge in [-0.15, -0.1) is 0 Å². The summed E-state index contributed by atoms with van der Waals surface area (Å²) in [5, 5.41) is 8.85. The summed E-state index contributed by atoms with van der Waals surface area (Å²) in [6.07, 6.45) is 0. The lowest BCUT2D eigenvalue weighted by Crippen LogP contribution is -2.15. The summed E-state index contributed by atoms with van der Waals surface area (Å²) in [7, 11) is -3.76. The number of carbonyl (C=O) groups is 1. The zero-order valence-electron chi connectivity index (χ0n) is 12.5. The van der Waals surface area contributed by atoms with Gasteiger partial charge in [-0.2, -0.15) is 0 Å². The Morgan fingerprint density at radius 3 is 1.95 bits per heavy atom. The van der Waals surface area contributed by atoms with E-state index in [4.69, 9.17) is 5.11 Å². The maximum Gasteiger partial charge on any atom is 0.335 e. The Kier molecular flexibility index (Phi) is 4.23. The van der Waals surface area contributed by atoms with Crippen molar-refractivity contribution < 1.29 is 18.3 Å². The lowest BCUT2D eigenvalue weighted by Gasteiger charge is -2.14. The van der Waals surface area contributed by atoms with E-state index < -0.39 is 16.0 Å². The van der Waals surface area contributed by atoms with E-state index >= 15 is 0 Å². The van der Waals surface area contributed by atoms with Gasteiger partial charge in [-0.05, 0) is 56.2 Å². The Morgan fingerprint density at radius 1 is 1.00 bits per heavy atom. The van der Waals surface area contributed by atoms with E-state index in [-0.39, 0.29) is 10.5 Å². The largest absolute Gasteiger partial charge is 0.478 e. The van der Waals surface area contributed by atoms with Crippen molar-refractivity contribution in [1.29, 1.82) is 0 Å². The van der Waals surface area contributed by atoms with Crippen LogP contribution in [0.25, 0.3) is 0 Å². The summed E-state index contributed by atoms with van der Waals surface area (Å²) < 4.78 is 27.4. The van der Waals surface area contributed by atoms with Crippen LogP contribution in [0.5, 0.6) is 0 Å². The number of carboxylic acids is 1. The number of rotatable bonds is 4. The Hall–Kier alpha value is -2.34. The van der Waals surface area contributed by atoms with Gasteiger partial charge in [0.2, 0.25) is 0 Å². The minimum absolute atomic E-state index is 0.0249. The third-order valence-electron chi connectivity index (χ3n) is 3.33. The second kappa shape index (κ2) is 5.81. The summed E-state index contributed by atoms with van der Waals surface area (Å²) in [5.74, 6) is -1.10. The van der Waals surface area contributed by atoms with Gasteiger partial charge in [0, 0.05) is 0 Å². The quantitative estimate of drug-likeness (QED) is 0.907. The van der Waals surface area contributed by atoms with Crippen molar-refractivity contribution in [2.75, 3.05) is 4.72 Å². The van der Waals surface area contributed by atoms with Crippen LogP contribution < -0.4 is 4.72 Å². The van der Waals surface area contributed by atoms with Gasteiger partial charge < -0.3 is 5.11 Å². The van der Waals surface area contributed by atoms with E-state index in [0.717, 1.165) is 16.7 Å². The van der Waals surface area contributed by atoms with Gasteiger partial charge >= 0.3 is 5.97 Å². The minimum atomic E-state index is -3.76. The maximum absolute atomic E-state index is 12.4. The molecule has 0 spiro atoms. The molecule has 0 aromatic heterocycles. The molecule has 5 nitrogen and oxygen atoms in total. The van der Waals surface area contributed by atoms with Gasteiger partial charge in [0.15, 0.2) is 0 Å². The van der Waals surface area contributed by atoms with E-state index in [1.165, 1.54) is 24.3 Å². The molecule has 0 saturated heterocycles. The summed E-state index contributed by atoms with van der Waals surface area (Å²) in [6.45, 7) is 5.62. The highest BCUT2D eigenvalue weighted by atomic mass is 32.2. The number of hydrogen-bond donors (Lipinski definition) is 2. The number of aryl methyl sites for hydroxylation is 3. The number of sulfonamides is 1.